The van der Waals surface area contributed by atoms with Gasteiger partial charge >= 0.3 is 6.09 Å². The second-order valence-corrected chi connectivity index (χ2v) is 7.14. The zero-order valence-electron chi connectivity index (χ0n) is 13.2. The first-order valence-electron chi connectivity index (χ1n) is 6.77. The van der Waals surface area contributed by atoms with E-state index in [9.17, 15) is 9.90 Å². The minimum Gasteiger partial charge on any atom is -0.508 e. The van der Waals surface area contributed by atoms with Crippen LogP contribution in [0, 0.1) is 5.41 Å². The van der Waals surface area contributed by atoms with Crippen LogP contribution in [-0.4, -0.2) is 23.3 Å². The molecule has 0 fully saturated rings. The van der Waals surface area contributed by atoms with Crippen LogP contribution in [0.2, 0.25) is 0 Å². The highest BCUT2D eigenvalue weighted by molar-refractivity contribution is 5.88. The normalized spacial score (nSPS) is 12.1. The summed E-state index contributed by atoms with van der Waals surface area (Å²) >= 11 is 0. The summed E-state index contributed by atoms with van der Waals surface area (Å²) in [5, 5.41) is 9.36. The van der Waals surface area contributed by atoms with Gasteiger partial charge in [-0.1, -0.05) is 20.8 Å². The molecule has 112 valence electrons. The number of ether oxygens (including phenoxy) is 1. The Hall–Kier alpha value is -1.71. The third-order valence-corrected chi connectivity index (χ3v) is 2.41. The van der Waals surface area contributed by atoms with Gasteiger partial charge in [-0.05, 0) is 50.5 Å². The van der Waals surface area contributed by atoms with E-state index in [1.165, 1.54) is 0 Å². The predicted octanol–water partition coefficient (Wildman–Crippen LogP) is 4.18. The van der Waals surface area contributed by atoms with Crippen LogP contribution < -0.4 is 4.90 Å². The Labute approximate surface area is 121 Å². The van der Waals surface area contributed by atoms with E-state index in [-0.39, 0.29) is 17.3 Å². The molecular formula is C16H25NO3. The lowest BCUT2D eigenvalue weighted by molar-refractivity contribution is 0.0568. The van der Waals surface area contributed by atoms with Crippen molar-refractivity contribution in [2.24, 2.45) is 5.41 Å². The summed E-state index contributed by atoms with van der Waals surface area (Å²) < 4.78 is 5.45. The lowest BCUT2D eigenvalue weighted by Crippen LogP contribution is -2.41. The molecule has 0 saturated heterocycles. The maximum absolute atomic E-state index is 12.4. The minimum absolute atomic E-state index is 0.0607. The first kappa shape index (κ1) is 16.3. The maximum Gasteiger partial charge on any atom is 0.414 e. The SMILES string of the molecule is CC(C)(C)CN(C(=O)OC(C)(C)C)c1ccc(O)cc1. The van der Waals surface area contributed by atoms with Crippen LogP contribution in [0.5, 0.6) is 5.75 Å². The molecule has 0 bridgehead atoms. The molecule has 1 aromatic rings. The highest BCUT2D eigenvalue weighted by atomic mass is 16.6. The molecule has 1 N–H and O–H groups in total. The number of anilines is 1. The fourth-order valence-electron chi connectivity index (χ4n) is 1.69. The fourth-order valence-corrected chi connectivity index (χ4v) is 1.69. The molecule has 0 aromatic heterocycles. The molecule has 4 nitrogen and oxygen atoms in total. The minimum atomic E-state index is -0.538. The maximum atomic E-state index is 12.4. The monoisotopic (exact) mass is 279 g/mol. The first-order valence-corrected chi connectivity index (χ1v) is 6.77. The van der Waals surface area contributed by atoms with Crippen LogP contribution in [0.25, 0.3) is 0 Å². The van der Waals surface area contributed by atoms with Gasteiger partial charge in [-0.25, -0.2) is 4.79 Å². The van der Waals surface area contributed by atoms with E-state index in [0.29, 0.717) is 12.2 Å². The van der Waals surface area contributed by atoms with Crippen molar-refractivity contribution in [3.8, 4) is 5.75 Å². The average molecular weight is 279 g/mol. The van der Waals surface area contributed by atoms with Gasteiger partial charge in [0.25, 0.3) is 0 Å². The number of phenolic OH excluding ortho intramolecular Hbond substituents is 1. The molecule has 20 heavy (non-hydrogen) atoms. The smallest absolute Gasteiger partial charge is 0.414 e. The zero-order chi connectivity index (χ0) is 15.6. The number of hydrogen-bond acceptors (Lipinski definition) is 3. The van der Waals surface area contributed by atoms with Gasteiger partial charge < -0.3 is 9.84 Å². The molecule has 4 heteroatoms. The number of aromatic hydroxyl groups is 1. The topological polar surface area (TPSA) is 49.8 Å². The Kier molecular flexibility index (Phi) is 4.69. The summed E-state index contributed by atoms with van der Waals surface area (Å²) in [5.74, 6) is 0.175. The second-order valence-electron chi connectivity index (χ2n) is 7.14. The van der Waals surface area contributed by atoms with Gasteiger partial charge in [0.2, 0.25) is 0 Å². The summed E-state index contributed by atoms with van der Waals surface area (Å²) in [5.41, 5.74) is 0.117. The van der Waals surface area contributed by atoms with E-state index < -0.39 is 5.60 Å². The van der Waals surface area contributed by atoms with Crippen molar-refractivity contribution in [2.45, 2.75) is 47.1 Å². The van der Waals surface area contributed by atoms with Crippen molar-refractivity contribution in [3.05, 3.63) is 24.3 Å². The lowest BCUT2D eigenvalue weighted by atomic mass is 9.96. The second kappa shape index (κ2) is 5.73. The van der Waals surface area contributed by atoms with Crippen molar-refractivity contribution in [3.63, 3.8) is 0 Å². The molecule has 0 saturated carbocycles. The Bertz CT molecular complexity index is 452. The molecule has 0 spiro atoms. The highest BCUT2D eigenvalue weighted by Gasteiger charge is 2.27. The Morgan fingerprint density at radius 3 is 2.00 bits per heavy atom. The molecule has 1 amide bonds. The van der Waals surface area contributed by atoms with Crippen LogP contribution in [0.15, 0.2) is 24.3 Å². The third-order valence-electron chi connectivity index (χ3n) is 2.41. The third kappa shape index (κ3) is 5.51. The highest BCUT2D eigenvalue weighted by Crippen LogP contribution is 2.25. The van der Waals surface area contributed by atoms with E-state index in [4.69, 9.17) is 4.74 Å². The summed E-state index contributed by atoms with van der Waals surface area (Å²) in [6.45, 7) is 12.2. The lowest BCUT2D eigenvalue weighted by Gasteiger charge is -2.32. The van der Waals surface area contributed by atoms with Crippen LogP contribution in [0.4, 0.5) is 10.5 Å². The molecular weight excluding hydrogens is 254 g/mol. The largest absolute Gasteiger partial charge is 0.508 e. The summed E-state index contributed by atoms with van der Waals surface area (Å²) in [6, 6.07) is 6.56. The number of benzene rings is 1. The predicted molar refractivity (Wildman–Crippen MR) is 81.1 cm³/mol. The van der Waals surface area contributed by atoms with E-state index in [0.717, 1.165) is 0 Å². The van der Waals surface area contributed by atoms with E-state index in [2.05, 4.69) is 20.8 Å². The number of nitrogens with zero attached hydrogens (tertiary/aromatic N) is 1. The molecule has 0 heterocycles. The number of carbonyl (C=O) groups is 1. The Morgan fingerprint density at radius 1 is 1.10 bits per heavy atom. The van der Waals surface area contributed by atoms with Gasteiger partial charge in [0.1, 0.15) is 11.4 Å². The number of phenols is 1. The van der Waals surface area contributed by atoms with Crippen LogP contribution in [-0.2, 0) is 4.74 Å². The molecule has 0 aliphatic carbocycles. The number of hydrogen-bond donors (Lipinski definition) is 1. The zero-order valence-corrected chi connectivity index (χ0v) is 13.2. The Balaban J connectivity index is 3.02. The molecule has 0 aliphatic rings. The van der Waals surface area contributed by atoms with Crippen molar-refractivity contribution < 1.29 is 14.6 Å². The van der Waals surface area contributed by atoms with Gasteiger partial charge in [0.05, 0.1) is 0 Å². The van der Waals surface area contributed by atoms with Gasteiger partial charge in [-0.15, -0.1) is 0 Å². The summed E-state index contributed by atoms with van der Waals surface area (Å²) in [4.78, 5) is 14.0. The van der Waals surface area contributed by atoms with Crippen LogP contribution in [0.1, 0.15) is 41.5 Å². The Morgan fingerprint density at radius 2 is 1.60 bits per heavy atom. The van der Waals surface area contributed by atoms with Gasteiger partial charge in [-0.2, -0.15) is 0 Å². The van der Waals surface area contributed by atoms with Crippen LogP contribution in [0.3, 0.4) is 0 Å². The molecule has 0 unspecified atom stereocenters. The van der Waals surface area contributed by atoms with Crippen molar-refractivity contribution >= 4 is 11.8 Å². The van der Waals surface area contributed by atoms with Gasteiger partial charge in [0.15, 0.2) is 0 Å². The molecule has 0 aliphatic heterocycles. The standard InChI is InChI=1S/C16H25NO3/c1-15(2,3)11-17(14(19)20-16(4,5)6)12-7-9-13(18)10-8-12/h7-10,18H,11H2,1-6H3. The van der Waals surface area contributed by atoms with E-state index >= 15 is 0 Å². The van der Waals surface area contributed by atoms with Crippen molar-refractivity contribution in [1.29, 1.82) is 0 Å². The van der Waals surface area contributed by atoms with Crippen molar-refractivity contribution in [2.75, 3.05) is 11.4 Å². The number of amides is 1. The summed E-state index contributed by atoms with van der Waals surface area (Å²) in [6.07, 6.45) is -0.377. The van der Waals surface area contributed by atoms with E-state index in [1.54, 1.807) is 29.2 Å². The molecule has 0 atom stereocenters. The van der Waals surface area contributed by atoms with Crippen LogP contribution >= 0.6 is 0 Å². The van der Waals surface area contributed by atoms with E-state index in [1.807, 2.05) is 20.8 Å². The van der Waals surface area contributed by atoms with Gasteiger partial charge in [0, 0.05) is 12.2 Å². The first-order chi connectivity index (χ1) is 8.98. The molecule has 1 aromatic carbocycles. The average Bonchev–Trinajstić information content (AvgIpc) is 2.23. The van der Waals surface area contributed by atoms with Gasteiger partial charge in [-0.3, -0.25) is 4.90 Å². The fraction of sp³-hybridized carbons (Fsp3) is 0.562. The number of carbonyl (C=O) groups excluding carboxylic acids is 1. The number of rotatable bonds is 2. The molecule has 0 radical (unpaired) electrons. The van der Waals surface area contributed by atoms with Crippen molar-refractivity contribution in [1.82, 2.24) is 0 Å². The quantitative estimate of drug-likeness (QED) is 0.883. The summed E-state index contributed by atoms with van der Waals surface area (Å²) in [7, 11) is 0. The molecule has 1 rings (SSSR count).